The van der Waals surface area contributed by atoms with Crippen LogP contribution < -0.4 is 10.3 Å². The van der Waals surface area contributed by atoms with Crippen LogP contribution in [-0.4, -0.2) is 16.7 Å². The molecule has 5 heteroatoms. The van der Waals surface area contributed by atoms with Gasteiger partial charge in [0.15, 0.2) is 0 Å². The number of rotatable bonds is 4. The molecule has 0 aliphatic rings. The Bertz CT molecular complexity index is 525. The number of hydrogen-bond acceptors (Lipinski definition) is 4. The normalized spacial score (nSPS) is 10.9. The number of pyridine rings is 1. The molecule has 0 atom stereocenters. The summed E-state index contributed by atoms with van der Waals surface area (Å²) in [6, 6.07) is 4.32. The summed E-state index contributed by atoms with van der Waals surface area (Å²) in [5, 5.41) is 10.5. The minimum Gasteiger partial charge on any atom is -0.330 e. The highest BCUT2D eigenvalue weighted by Gasteiger charge is 2.19. The summed E-state index contributed by atoms with van der Waals surface area (Å²) in [6.45, 7) is 7.00. The van der Waals surface area contributed by atoms with E-state index in [1.807, 2.05) is 0 Å². The minimum atomic E-state index is 0.699. The number of nitrogens with zero attached hydrogens (tertiary/aromatic N) is 3. The molecule has 0 saturated carbocycles. The van der Waals surface area contributed by atoms with Crippen molar-refractivity contribution < 1.29 is 4.57 Å². The van der Waals surface area contributed by atoms with E-state index in [0.717, 1.165) is 23.0 Å². The molecule has 0 unspecified atom stereocenters. The van der Waals surface area contributed by atoms with Gasteiger partial charge in [0.25, 0.3) is 0 Å². The highest BCUT2D eigenvalue weighted by Crippen LogP contribution is 2.14. The topological polar surface area (TPSA) is 55.7 Å². The van der Waals surface area contributed by atoms with Crippen molar-refractivity contribution in [3.8, 4) is 5.13 Å². The van der Waals surface area contributed by atoms with Crippen molar-refractivity contribution in [2.24, 2.45) is 5.73 Å². The second-order valence-electron chi connectivity index (χ2n) is 4.52. The zero-order valence-corrected chi connectivity index (χ0v) is 11.9. The Hall–Kier alpha value is -1.33. The van der Waals surface area contributed by atoms with Crippen LogP contribution in [0.15, 0.2) is 12.1 Å². The minimum absolute atomic E-state index is 0.699. The Kier molecular flexibility index (Phi) is 4.04. The van der Waals surface area contributed by atoms with Gasteiger partial charge >= 0.3 is 5.13 Å². The zero-order valence-electron chi connectivity index (χ0n) is 11.1. The number of nitrogens with two attached hydrogens (primary N) is 1. The van der Waals surface area contributed by atoms with Crippen molar-refractivity contribution in [3.05, 3.63) is 34.1 Å². The molecular weight excluding hydrogens is 244 g/mol. The van der Waals surface area contributed by atoms with Crippen molar-refractivity contribution in [3.63, 3.8) is 0 Å². The molecule has 0 fully saturated rings. The number of aromatic nitrogens is 3. The van der Waals surface area contributed by atoms with Crippen LogP contribution in [0.1, 0.15) is 28.4 Å². The third-order valence-electron chi connectivity index (χ3n) is 2.82. The highest BCUT2D eigenvalue weighted by atomic mass is 32.1. The molecule has 0 amide bonds. The smallest absolute Gasteiger partial charge is 0.330 e. The van der Waals surface area contributed by atoms with Gasteiger partial charge < -0.3 is 5.73 Å². The van der Waals surface area contributed by atoms with Crippen LogP contribution in [0.4, 0.5) is 0 Å². The van der Waals surface area contributed by atoms with E-state index in [9.17, 15) is 0 Å². The van der Waals surface area contributed by atoms with Gasteiger partial charge in [0.1, 0.15) is 16.4 Å². The molecular formula is C13H19N4S+. The summed E-state index contributed by atoms with van der Waals surface area (Å²) in [7, 11) is 0. The van der Waals surface area contributed by atoms with Crippen molar-refractivity contribution in [1.82, 2.24) is 10.2 Å². The van der Waals surface area contributed by atoms with E-state index in [1.165, 1.54) is 17.0 Å². The molecule has 2 aromatic heterocycles. The maximum Gasteiger partial charge on any atom is 0.415 e. The lowest BCUT2D eigenvalue weighted by Crippen LogP contribution is -2.37. The molecule has 2 aromatic rings. The van der Waals surface area contributed by atoms with Gasteiger partial charge in [-0.15, -0.1) is 0 Å². The largest absolute Gasteiger partial charge is 0.415 e. The average molecular weight is 263 g/mol. The van der Waals surface area contributed by atoms with Gasteiger partial charge in [-0.2, -0.15) is 4.57 Å². The summed E-state index contributed by atoms with van der Waals surface area (Å²) in [6.07, 6.45) is 1.88. The molecule has 2 rings (SSSR count). The Morgan fingerprint density at radius 3 is 2.44 bits per heavy atom. The fourth-order valence-electron chi connectivity index (χ4n) is 2.10. The van der Waals surface area contributed by atoms with Crippen LogP contribution >= 0.6 is 11.3 Å². The first-order chi connectivity index (χ1) is 8.61. The zero-order chi connectivity index (χ0) is 13.1. The van der Waals surface area contributed by atoms with Crippen LogP contribution in [0.2, 0.25) is 0 Å². The number of aryl methyl sites for hydroxylation is 4. The first-order valence-corrected chi connectivity index (χ1v) is 6.96. The molecule has 0 saturated heterocycles. The third-order valence-corrected chi connectivity index (χ3v) is 3.79. The molecule has 0 aromatic carbocycles. The van der Waals surface area contributed by atoms with Crippen LogP contribution in [-0.2, 0) is 6.42 Å². The summed E-state index contributed by atoms with van der Waals surface area (Å²) >= 11 is 1.65. The predicted molar refractivity (Wildman–Crippen MR) is 73.0 cm³/mol. The van der Waals surface area contributed by atoms with Crippen LogP contribution in [0.25, 0.3) is 5.13 Å². The molecule has 18 heavy (non-hydrogen) atoms. The molecule has 0 aliphatic carbocycles. The van der Waals surface area contributed by atoms with E-state index in [2.05, 4.69) is 47.7 Å². The Morgan fingerprint density at radius 1 is 1.17 bits per heavy atom. The van der Waals surface area contributed by atoms with E-state index >= 15 is 0 Å². The fourth-order valence-corrected chi connectivity index (χ4v) is 3.10. The lowest BCUT2D eigenvalue weighted by Gasteiger charge is -2.03. The first-order valence-electron chi connectivity index (χ1n) is 6.14. The lowest BCUT2D eigenvalue weighted by molar-refractivity contribution is -0.609. The van der Waals surface area contributed by atoms with E-state index in [0.29, 0.717) is 6.54 Å². The van der Waals surface area contributed by atoms with Crippen LogP contribution in [0.3, 0.4) is 0 Å². The van der Waals surface area contributed by atoms with Gasteiger partial charge in [0, 0.05) is 6.42 Å². The summed E-state index contributed by atoms with van der Waals surface area (Å²) < 4.78 is 2.15. The molecule has 2 heterocycles. The lowest BCUT2D eigenvalue weighted by atomic mass is 10.2. The quantitative estimate of drug-likeness (QED) is 0.853. The number of hydrogen-bond donors (Lipinski definition) is 1. The Morgan fingerprint density at radius 2 is 1.83 bits per heavy atom. The van der Waals surface area contributed by atoms with Gasteiger partial charge in [0.05, 0.1) is 5.10 Å². The first kappa shape index (κ1) is 13.1. The van der Waals surface area contributed by atoms with E-state index in [-0.39, 0.29) is 0 Å². The second kappa shape index (κ2) is 5.54. The third kappa shape index (κ3) is 2.73. The molecule has 0 spiro atoms. The van der Waals surface area contributed by atoms with Gasteiger partial charge in [-0.1, -0.05) is 0 Å². The second-order valence-corrected chi connectivity index (χ2v) is 5.56. The van der Waals surface area contributed by atoms with Crippen molar-refractivity contribution in [1.29, 1.82) is 0 Å². The maximum atomic E-state index is 5.51. The Labute approximate surface area is 111 Å². The summed E-state index contributed by atoms with van der Waals surface area (Å²) in [4.78, 5) is 0. The van der Waals surface area contributed by atoms with E-state index < -0.39 is 0 Å². The van der Waals surface area contributed by atoms with E-state index in [1.54, 1.807) is 11.3 Å². The van der Waals surface area contributed by atoms with E-state index in [4.69, 9.17) is 5.73 Å². The van der Waals surface area contributed by atoms with Crippen molar-refractivity contribution in [2.75, 3.05) is 6.54 Å². The fraction of sp³-hybridized carbons (Fsp3) is 0.462. The van der Waals surface area contributed by atoms with Crippen LogP contribution in [0.5, 0.6) is 0 Å². The van der Waals surface area contributed by atoms with Crippen LogP contribution in [0, 0.1) is 20.8 Å². The monoisotopic (exact) mass is 263 g/mol. The molecule has 96 valence electrons. The maximum absolute atomic E-state index is 5.51. The predicted octanol–water partition coefficient (Wildman–Crippen LogP) is 1.63. The van der Waals surface area contributed by atoms with Gasteiger partial charge in [0.2, 0.25) is 0 Å². The molecule has 0 aliphatic heterocycles. The summed E-state index contributed by atoms with van der Waals surface area (Å²) in [5.74, 6) is 0. The Balaban J connectivity index is 2.34. The summed E-state index contributed by atoms with van der Waals surface area (Å²) in [5.41, 5.74) is 9.16. The molecule has 0 bridgehead atoms. The van der Waals surface area contributed by atoms with Gasteiger partial charge in [-0.3, -0.25) is 0 Å². The SMILES string of the molecule is Cc1cc(C)[n+](-c2nnc(CCCN)s2)c(C)c1. The van der Waals surface area contributed by atoms with Gasteiger partial charge in [-0.25, -0.2) is 0 Å². The van der Waals surface area contributed by atoms with Gasteiger partial charge in [-0.05, 0) is 67.9 Å². The highest BCUT2D eigenvalue weighted by molar-refractivity contribution is 7.13. The molecule has 4 nitrogen and oxygen atoms in total. The molecule has 2 N–H and O–H groups in total. The van der Waals surface area contributed by atoms with Crippen molar-refractivity contribution in [2.45, 2.75) is 33.6 Å². The standard InChI is InChI=1S/C13H19N4S/c1-9-7-10(2)17(11(3)8-9)13-16-15-12(18-13)5-4-6-14/h7-8H,4-6,14H2,1-3H3/q+1. The molecule has 0 radical (unpaired) electrons. The average Bonchev–Trinajstić information content (AvgIpc) is 2.73. The van der Waals surface area contributed by atoms with Crippen molar-refractivity contribution >= 4 is 11.3 Å².